The molecule has 0 saturated heterocycles. The Bertz CT molecular complexity index is 506. The van der Waals surface area contributed by atoms with Gasteiger partial charge in [-0.1, -0.05) is 38.3 Å². The average molecular weight is 298 g/mol. The molecule has 1 aliphatic carbocycles. The fourth-order valence-electron chi connectivity index (χ4n) is 3.02. The van der Waals surface area contributed by atoms with E-state index in [9.17, 15) is 4.79 Å². The summed E-state index contributed by atoms with van der Waals surface area (Å²) in [7, 11) is 0. The van der Waals surface area contributed by atoms with E-state index in [1.54, 1.807) is 6.20 Å². The van der Waals surface area contributed by atoms with Gasteiger partial charge in [-0.25, -0.2) is 4.68 Å². The Kier molecular flexibility index (Phi) is 5.08. The van der Waals surface area contributed by atoms with Crippen molar-refractivity contribution < 1.29 is 0 Å². The third-order valence-corrected chi connectivity index (χ3v) is 4.85. The first-order valence-electron chi connectivity index (χ1n) is 7.61. The van der Waals surface area contributed by atoms with E-state index in [-0.39, 0.29) is 10.6 Å². The standard InChI is InChI=1S/C15H24ClN3O/c1-3-9-19-14(20)13(16)12(10-18-19)17-11-15(4-2)7-5-6-8-15/h10,17H,3-9,11H2,1-2H3. The Morgan fingerprint density at radius 2 is 2.10 bits per heavy atom. The second-order valence-corrected chi connectivity index (χ2v) is 6.19. The predicted molar refractivity (Wildman–Crippen MR) is 83.5 cm³/mol. The number of rotatable bonds is 6. The zero-order valence-electron chi connectivity index (χ0n) is 12.4. The van der Waals surface area contributed by atoms with E-state index in [1.807, 2.05) is 6.92 Å². The molecule has 0 radical (unpaired) electrons. The number of aryl methyl sites for hydroxylation is 1. The van der Waals surface area contributed by atoms with Gasteiger partial charge >= 0.3 is 0 Å². The molecular formula is C15H24ClN3O. The van der Waals surface area contributed by atoms with E-state index in [2.05, 4.69) is 17.3 Å². The molecule has 1 heterocycles. The quantitative estimate of drug-likeness (QED) is 0.871. The van der Waals surface area contributed by atoms with Crippen LogP contribution in [0.1, 0.15) is 52.4 Å². The highest BCUT2D eigenvalue weighted by molar-refractivity contribution is 6.32. The molecular weight excluding hydrogens is 274 g/mol. The summed E-state index contributed by atoms with van der Waals surface area (Å²) >= 11 is 6.17. The van der Waals surface area contributed by atoms with Gasteiger partial charge in [0.2, 0.25) is 0 Å². The lowest BCUT2D eigenvalue weighted by molar-refractivity contribution is 0.306. The van der Waals surface area contributed by atoms with Crippen LogP contribution in [-0.4, -0.2) is 16.3 Å². The number of hydrogen-bond acceptors (Lipinski definition) is 3. The number of nitrogens with zero attached hydrogens (tertiary/aromatic N) is 2. The van der Waals surface area contributed by atoms with Crippen molar-refractivity contribution in [1.29, 1.82) is 0 Å². The van der Waals surface area contributed by atoms with Crippen molar-refractivity contribution in [2.75, 3.05) is 11.9 Å². The maximum atomic E-state index is 12.1. The van der Waals surface area contributed by atoms with Gasteiger partial charge < -0.3 is 5.32 Å². The molecule has 20 heavy (non-hydrogen) atoms. The minimum absolute atomic E-state index is 0.199. The summed E-state index contributed by atoms with van der Waals surface area (Å²) in [5.41, 5.74) is 0.834. The van der Waals surface area contributed by atoms with Crippen LogP contribution in [0.3, 0.4) is 0 Å². The molecule has 4 nitrogen and oxygen atoms in total. The first-order chi connectivity index (χ1) is 9.62. The van der Waals surface area contributed by atoms with Crippen LogP contribution >= 0.6 is 11.6 Å². The molecule has 1 N–H and O–H groups in total. The van der Waals surface area contributed by atoms with Gasteiger partial charge in [0, 0.05) is 13.1 Å². The minimum Gasteiger partial charge on any atom is -0.382 e. The second kappa shape index (κ2) is 6.61. The van der Waals surface area contributed by atoms with E-state index >= 15 is 0 Å². The lowest BCUT2D eigenvalue weighted by Gasteiger charge is -2.28. The highest BCUT2D eigenvalue weighted by Crippen LogP contribution is 2.41. The van der Waals surface area contributed by atoms with Gasteiger partial charge in [0.1, 0.15) is 5.02 Å². The SMILES string of the molecule is CCCn1ncc(NCC2(CC)CCCC2)c(Cl)c1=O. The number of anilines is 1. The van der Waals surface area contributed by atoms with E-state index < -0.39 is 0 Å². The molecule has 1 fully saturated rings. The van der Waals surface area contributed by atoms with Crippen LogP contribution in [-0.2, 0) is 6.54 Å². The lowest BCUT2D eigenvalue weighted by Crippen LogP contribution is -2.28. The molecule has 2 rings (SSSR count). The second-order valence-electron chi connectivity index (χ2n) is 5.81. The molecule has 0 spiro atoms. The molecule has 1 saturated carbocycles. The normalized spacial score (nSPS) is 17.4. The number of hydrogen-bond donors (Lipinski definition) is 1. The van der Waals surface area contributed by atoms with Gasteiger partial charge in [-0.2, -0.15) is 5.10 Å². The van der Waals surface area contributed by atoms with Crippen molar-refractivity contribution in [3.8, 4) is 0 Å². The van der Waals surface area contributed by atoms with Crippen LogP contribution in [0.5, 0.6) is 0 Å². The maximum Gasteiger partial charge on any atom is 0.287 e. The fourth-order valence-corrected chi connectivity index (χ4v) is 3.24. The third kappa shape index (κ3) is 3.17. The molecule has 1 aliphatic rings. The van der Waals surface area contributed by atoms with Crippen molar-refractivity contribution in [3.63, 3.8) is 0 Å². The molecule has 1 aromatic rings. The summed E-state index contributed by atoms with van der Waals surface area (Å²) in [5, 5.41) is 7.79. The molecule has 0 atom stereocenters. The lowest BCUT2D eigenvalue weighted by atomic mass is 9.83. The van der Waals surface area contributed by atoms with Gasteiger partial charge in [0.15, 0.2) is 0 Å². The van der Waals surface area contributed by atoms with Crippen LogP contribution < -0.4 is 10.9 Å². The highest BCUT2D eigenvalue weighted by Gasteiger charge is 2.31. The number of nitrogens with one attached hydrogen (secondary N) is 1. The molecule has 0 aliphatic heterocycles. The van der Waals surface area contributed by atoms with Gasteiger partial charge in [-0.15, -0.1) is 0 Å². The fraction of sp³-hybridized carbons (Fsp3) is 0.733. The first-order valence-corrected chi connectivity index (χ1v) is 7.99. The average Bonchev–Trinajstić information content (AvgIpc) is 2.93. The summed E-state index contributed by atoms with van der Waals surface area (Å²) in [5.74, 6) is 0. The summed E-state index contributed by atoms with van der Waals surface area (Å²) in [4.78, 5) is 12.1. The van der Waals surface area contributed by atoms with Gasteiger partial charge in [-0.05, 0) is 31.1 Å². The van der Waals surface area contributed by atoms with Crippen molar-refractivity contribution in [2.24, 2.45) is 5.41 Å². The molecule has 1 aromatic heterocycles. The monoisotopic (exact) mass is 297 g/mol. The van der Waals surface area contributed by atoms with Crippen molar-refractivity contribution in [1.82, 2.24) is 9.78 Å². The van der Waals surface area contributed by atoms with Crippen LogP contribution in [0.15, 0.2) is 11.0 Å². The minimum atomic E-state index is -0.199. The van der Waals surface area contributed by atoms with Gasteiger partial charge in [0.05, 0.1) is 11.9 Å². The Morgan fingerprint density at radius 3 is 2.70 bits per heavy atom. The van der Waals surface area contributed by atoms with Gasteiger partial charge in [0.25, 0.3) is 5.56 Å². The van der Waals surface area contributed by atoms with Crippen molar-refractivity contribution in [3.05, 3.63) is 21.6 Å². The zero-order chi connectivity index (χ0) is 14.6. The summed E-state index contributed by atoms with van der Waals surface area (Å²) < 4.78 is 1.43. The Balaban J connectivity index is 2.10. The smallest absolute Gasteiger partial charge is 0.287 e. The van der Waals surface area contributed by atoms with Crippen LogP contribution in [0.25, 0.3) is 0 Å². The van der Waals surface area contributed by atoms with Crippen molar-refractivity contribution >= 4 is 17.3 Å². The van der Waals surface area contributed by atoms with E-state index in [0.29, 0.717) is 17.6 Å². The molecule has 0 amide bonds. The molecule has 0 unspecified atom stereocenters. The van der Waals surface area contributed by atoms with Crippen LogP contribution in [0, 0.1) is 5.41 Å². The zero-order valence-corrected chi connectivity index (χ0v) is 13.2. The largest absolute Gasteiger partial charge is 0.382 e. The van der Waals surface area contributed by atoms with E-state index in [0.717, 1.165) is 19.4 Å². The Hall–Kier alpha value is -1.03. The molecule has 5 heteroatoms. The topological polar surface area (TPSA) is 46.9 Å². The number of halogens is 1. The predicted octanol–water partition coefficient (Wildman–Crippen LogP) is 3.69. The number of aromatic nitrogens is 2. The molecule has 112 valence electrons. The molecule has 0 aromatic carbocycles. The maximum absolute atomic E-state index is 12.1. The third-order valence-electron chi connectivity index (χ3n) is 4.49. The highest BCUT2D eigenvalue weighted by atomic mass is 35.5. The van der Waals surface area contributed by atoms with E-state index in [4.69, 9.17) is 11.6 Å². The van der Waals surface area contributed by atoms with Crippen LogP contribution in [0.2, 0.25) is 5.02 Å². The Labute approximate surface area is 125 Å². The van der Waals surface area contributed by atoms with Gasteiger partial charge in [-0.3, -0.25) is 4.79 Å². The van der Waals surface area contributed by atoms with Crippen molar-refractivity contribution in [2.45, 2.75) is 58.9 Å². The first kappa shape index (κ1) is 15.4. The summed E-state index contributed by atoms with van der Waals surface area (Å²) in [6, 6.07) is 0. The summed E-state index contributed by atoms with van der Waals surface area (Å²) in [6.45, 7) is 5.74. The van der Waals surface area contributed by atoms with Crippen LogP contribution in [0.4, 0.5) is 5.69 Å². The van der Waals surface area contributed by atoms with E-state index in [1.165, 1.54) is 30.4 Å². The summed E-state index contributed by atoms with van der Waals surface area (Å²) in [6.07, 6.45) is 8.84. The Morgan fingerprint density at radius 1 is 1.40 bits per heavy atom. The molecule has 0 bridgehead atoms.